The second-order valence-electron chi connectivity index (χ2n) is 7.42. The fourth-order valence-electron chi connectivity index (χ4n) is 4.18. The second kappa shape index (κ2) is 6.88. The molecule has 1 aliphatic heterocycles. The first-order valence-electron chi connectivity index (χ1n) is 9.47. The molecule has 2 fully saturated rings. The Labute approximate surface area is 166 Å². The molecule has 2 heterocycles. The SMILES string of the molecule is O=C(Nc1ccccc1-n1cccn1)NC1C2CN(c3ccc(F)cc3F)CC21. The topological polar surface area (TPSA) is 62.2 Å². The number of nitrogens with one attached hydrogen (secondary N) is 2. The molecular formula is C21H19F2N5O. The average molecular weight is 395 g/mol. The number of piperidine rings is 1. The van der Waals surface area contributed by atoms with E-state index in [4.69, 9.17) is 0 Å². The number of fused-ring (bicyclic) bond motifs is 1. The van der Waals surface area contributed by atoms with E-state index in [1.54, 1.807) is 10.9 Å². The molecule has 1 saturated carbocycles. The quantitative estimate of drug-likeness (QED) is 0.712. The summed E-state index contributed by atoms with van der Waals surface area (Å²) in [6.45, 7) is 1.28. The van der Waals surface area contributed by atoms with E-state index >= 15 is 0 Å². The number of hydrogen-bond donors (Lipinski definition) is 2. The van der Waals surface area contributed by atoms with E-state index in [9.17, 15) is 13.6 Å². The molecule has 1 saturated heterocycles. The molecular weight excluding hydrogens is 376 g/mol. The molecule has 5 rings (SSSR count). The van der Waals surface area contributed by atoms with Crippen LogP contribution in [0, 0.1) is 23.5 Å². The van der Waals surface area contributed by atoms with Crippen LogP contribution in [0.1, 0.15) is 0 Å². The Balaban J connectivity index is 1.20. The van der Waals surface area contributed by atoms with E-state index in [0.717, 1.165) is 11.8 Å². The molecule has 1 aliphatic carbocycles. The summed E-state index contributed by atoms with van der Waals surface area (Å²) in [4.78, 5) is 14.4. The second-order valence-corrected chi connectivity index (χ2v) is 7.42. The van der Waals surface area contributed by atoms with Crippen LogP contribution in [0.4, 0.5) is 25.0 Å². The Hall–Kier alpha value is -3.42. The molecule has 2 N–H and O–H groups in total. The summed E-state index contributed by atoms with van der Waals surface area (Å²) in [5, 5.41) is 10.1. The number of carbonyl (C=O) groups excluding carboxylic acids is 1. The Morgan fingerprint density at radius 2 is 1.83 bits per heavy atom. The van der Waals surface area contributed by atoms with Crippen LogP contribution in [0.3, 0.4) is 0 Å². The summed E-state index contributed by atoms with van der Waals surface area (Å²) < 4.78 is 28.8. The van der Waals surface area contributed by atoms with Crippen LogP contribution in [0.15, 0.2) is 60.9 Å². The monoisotopic (exact) mass is 395 g/mol. The lowest BCUT2D eigenvalue weighted by atomic mass is 10.2. The van der Waals surface area contributed by atoms with Gasteiger partial charge in [0, 0.05) is 49.4 Å². The molecule has 0 bridgehead atoms. The predicted octanol–water partition coefficient (Wildman–Crippen LogP) is 3.41. The zero-order chi connectivity index (χ0) is 20.0. The van der Waals surface area contributed by atoms with Crippen LogP contribution in [0.5, 0.6) is 0 Å². The van der Waals surface area contributed by atoms with E-state index < -0.39 is 11.6 Å². The zero-order valence-electron chi connectivity index (χ0n) is 15.4. The van der Waals surface area contributed by atoms with Gasteiger partial charge in [0.15, 0.2) is 0 Å². The first-order valence-corrected chi connectivity index (χ1v) is 9.47. The van der Waals surface area contributed by atoms with Crippen molar-refractivity contribution in [2.24, 2.45) is 11.8 Å². The number of carbonyl (C=O) groups is 1. The Morgan fingerprint density at radius 3 is 2.55 bits per heavy atom. The summed E-state index contributed by atoms with van der Waals surface area (Å²) in [6, 6.07) is 12.7. The van der Waals surface area contributed by atoms with Crippen molar-refractivity contribution in [3.8, 4) is 5.69 Å². The van der Waals surface area contributed by atoms with E-state index in [0.29, 0.717) is 24.5 Å². The van der Waals surface area contributed by atoms with Gasteiger partial charge >= 0.3 is 6.03 Å². The van der Waals surface area contributed by atoms with E-state index in [1.807, 2.05) is 41.4 Å². The molecule has 0 radical (unpaired) electrons. The summed E-state index contributed by atoms with van der Waals surface area (Å²) >= 11 is 0. The smallest absolute Gasteiger partial charge is 0.319 e. The number of urea groups is 1. The number of benzene rings is 2. The van der Waals surface area contributed by atoms with Gasteiger partial charge in [0.1, 0.15) is 11.6 Å². The third kappa shape index (κ3) is 3.30. The first-order chi connectivity index (χ1) is 14.1. The molecule has 148 valence electrons. The fourth-order valence-corrected chi connectivity index (χ4v) is 4.18. The highest BCUT2D eigenvalue weighted by atomic mass is 19.1. The molecule has 6 nitrogen and oxygen atoms in total. The normalized spacial score (nSPS) is 22.3. The lowest BCUT2D eigenvalue weighted by Gasteiger charge is -2.23. The van der Waals surface area contributed by atoms with Crippen molar-refractivity contribution in [1.82, 2.24) is 15.1 Å². The maximum Gasteiger partial charge on any atom is 0.319 e. The van der Waals surface area contributed by atoms with Crippen molar-refractivity contribution < 1.29 is 13.6 Å². The number of nitrogens with zero attached hydrogens (tertiary/aromatic N) is 3. The van der Waals surface area contributed by atoms with Gasteiger partial charge in [-0.25, -0.2) is 18.3 Å². The highest BCUT2D eigenvalue weighted by Gasteiger charge is 2.56. The molecule has 2 aliphatic rings. The molecule has 29 heavy (non-hydrogen) atoms. The van der Waals surface area contributed by atoms with Crippen LogP contribution in [-0.4, -0.2) is 34.9 Å². The Bertz CT molecular complexity index is 1040. The van der Waals surface area contributed by atoms with Gasteiger partial charge in [-0.3, -0.25) is 0 Å². The fraction of sp³-hybridized carbons (Fsp3) is 0.238. The van der Waals surface area contributed by atoms with Crippen LogP contribution in [-0.2, 0) is 0 Å². The van der Waals surface area contributed by atoms with Crippen molar-refractivity contribution in [1.29, 1.82) is 0 Å². The number of para-hydroxylation sites is 2. The first kappa shape index (κ1) is 17.7. The van der Waals surface area contributed by atoms with Gasteiger partial charge in [0.05, 0.1) is 17.1 Å². The van der Waals surface area contributed by atoms with Gasteiger partial charge in [0.2, 0.25) is 0 Å². The molecule has 2 unspecified atom stereocenters. The molecule has 1 aromatic heterocycles. The number of aromatic nitrogens is 2. The largest absolute Gasteiger partial charge is 0.368 e. The lowest BCUT2D eigenvalue weighted by Crippen LogP contribution is -2.37. The van der Waals surface area contributed by atoms with Gasteiger partial charge in [0.25, 0.3) is 0 Å². The van der Waals surface area contributed by atoms with Crippen molar-refractivity contribution in [3.05, 3.63) is 72.6 Å². The van der Waals surface area contributed by atoms with Crippen LogP contribution < -0.4 is 15.5 Å². The van der Waals surface area contributed by atoms with E-state index in [2.05, 4.69) is 15.7 Å². The van der Waals surface area contributed by atoms with Gasteiger partial charge in [-0.1, -0.05) is 12.1 Å². The molecule has 0 spiro atoms. The number of halogens is 2. The summed E-state index contributed by atoms with van der Waals surface area (Å²) in [5.74, 6) is -0.593. The van der Waals surface area contributed by atoms with Crippen LogP contribution >= 0.6 is 0 Å². The number of anilines is 2. The summed E-state index contributed by atoms with van der Waals surface area (Å²) in [5.41, 5.74) is 1.85. The molecule has 3 aromatic rings. The van der Waals surface area contributed by atoms with Gasteiger partial charge in [-0.15, -0.1) is 0 Å². The number of hydrogen-bond acceptors (Lipinski definition) is 3. The minimum Gasteiger partial charge on any atom is -0.368 e. The maximum absolute atomic E-state index is 14.0. The van der Waals surface area contributed by atoms with E-state index in [-0.39, 0.29) is 23.9 Å². The highest BCUT2D eigenvalue weighted by molar-refractivity contribution is 5.92. The van der Waals surface area contributed by atoms with Crippen LogP contribution in [0.25, 0.3) is 5.69 Å². The number of rotatable bonds is 4. The standard InChI is InChI=1S/C21H19F2N5O/c22-13-6-7-18(16(23)10-13)27-11-14-15(12-27)20(14)26-21(29)25-17-4-1-2-5-19(17)28-9-3-8-24-28/h1-10,14-15,20H,11-12H2,(H2,25,26,29). The van der Waals surface area contributed by atoms with Crippen molar-refractivity contribution in [2.45, 2.75) is 6.04 Å². The minimum absolute atomic E-state index is 0.0617. The van der Waals surface area contributed by atoms with Crippen LogP contribution in [0.2, 0.25) is 0 Å². The summed E-state index contributed by atoms with van der Waals surface area (Å²) in [7, 11) is 0. The average Bonchev–Trinajstić information content (AvgIpc) is 3.13. The summed E-state index contributed by atoms with van der Waals surface area (Å²) in [6.07, 6.45) is 3.49. The van der Waals surface area contributed by atoms with E-state index in [1.165, 1.54) is 12.1 Å². The molecule has 2 atom stereocenters. The Morgan fingerprint density at radius 1 is 1.03 bits per heavy atom. The van der Waals surface area contributed by atoms with Gasteiger partial charge in [-0.2, -0.15) is 5.10 Å². The third-order valence-electron chi connectivity index (χ3n) is 5.65. The molecule has 8 heteroatoms. The van der Waals surface area contributed by atoms with Gasteiger partial charge in [-0.05, 0) is 30.3 Å². The van der Waals surface area contributed by atoms with Crippen molar-refractivity contribution in [2.75, 3.05) is 23.3 Å². The lowest BCUT2D eigenvalue weighted by molar-refractivity contribution is 0.250. The molecule has 2 aromatic carbocycles. The van der Waals surface area contributed by atoms with Crippen molar-refractivity contribution in [3.63, 3.8) is 0 Å². The maximum atomic E-state index is 14.0. The Kier molecular flexibility index (Phi) is 4.19. The minimum atomic E-state index is -0.581. The highest BCUT2D eigenvalue weighted by Crippen LogP contribution is 2.47. The predicted molar refractivity (Wildman–Crippen MR) is 105 cm³/mol. The van der Waals surface area contributed by atoms with Gasteiger partial charge < -0.3 is 15.5 Å². The van der Waals surface area contributed by atoms with Crippen molar-refractivity contribution >= 4 is 17.4 Å². The zero-order valence-corrected chi connectivity index (χ0v) is 15.4. The number of amides is 2. The third-order valence-corrected chi connectivity index (χ3v) is 5.65. The molecule has 2 amide bonds.